The zero-order valence-corrected chi connectivity index (χ0v) is 18.9. The van der Waals surface area contributed by atoms with Crippen molar-refractivity contribution >= 4 is 45.2 Å². The van der Waals surface area contributed by atoms with Gasteiger partial charge in [0.05, 0.1) is 28.5 Å². The van der Waals surface area contributed by atoms with Crippen molar-refractivity contribution in [1.29, 1.82) is 5.26 Å². The van der Waals surface area contributed by atoms with E-state index < -0.39 is 11.7 Å². The molecule has 0 atom stereocenters. The van der Waals surface area contributed by atoms with E-state index in [-0.39, 0.29) is 11.4 Å². The van der Waals surface area contributed by atoms with Crippen LogP contribution in [0.15, 0.2) is 97.5 Å². The van der Waals surface area contributed by atoms with Crippen LogP contribution in [-0.4, -0.2) is 15.9 Å². The van der Waals surface area contributed by atoms with Gasteiger partial charge in [0.2, 0.25) is 0 Å². The van der Waals surface area contributed by atoms with Gasteiger partial charge in [0.15, 0.2) is 5.82 Å². The van der Waals surface area contributed by atoms with Gasteiger partial charge < -0.3 is 16.0 Å². The first-order valence-electron chi connectivity index (χ1n) is 11.0. The highest BCUT2D eigenvalue weighted by atomic mass is 19.1. The van der Waals surface area contributed by atoms with Gasteiger partial charge in [-0.25, -0.2) is 4.39 Å². The van der Waals surface area contributed by atoms with Crippen LogP contribution in [0.4, 0.5) is 32.8 Å². The van der Waals surface area contributed by atoms with E-state index in [0.717, 1.165) is 16.6 Å². The first-order chi connectivity index (χ1) is 17.6. The van der Waals surface area contributed by atoms with E-state index in [1.54, 1.807) is 85.3 Å². The Labute approximate surface area is 206 Å². The molecule has 0 radical (unpaired) electrons. The number of nitrogens with one attached hydrogen (secondary N) is 3. The second kappa shape index (κ2) is 9.91. The zero-order chi connectivity index (χ0) is 24.9. The average Bonchev–Trinajstić information content (AvgIpc) is 2.91. The molecule has 0 saturated heterocycles. The van der Waals surface area contributed by atoms with Crippen molar-refractivity contribution in [3.05, 3.63) is 114 Å². The summed E-state index contributed by atoms with van der Waals surface area (Å²) in [5.41, 5.74) is 3.98. The third-order valence-electron chi connectivity index (χ3n) is 5.48. The van der Waals surface area contributed by atoms with Crippen LogP contribution >= 0.6 is 0 Å². The minimum atomic E-state index is -0.575. The quantitative estimate of drug-likeness (QED) is 0.264. The van der Waals surface area contributed by atoms with Crippen LogP contribution in [0, 0.1) is 17.1 Å². The molecule has 0 aliphatic heterocycles. The van der Waals surface area contributed by atoms with Crippen LogP contribution in [0.5, 0.6) is 0 Å². The minimum Gasteiger partial charge on any atom is -0.355 e. The van der Waals surface area contributed by atoms with Gasteiger partial charge in [0.1, 0.15) is 0 Å². The molecule has 5 aromatic rings. The Morgan fingerprint density at radius 2 is 1.58 bits per heavy atom. The Morgan fingerprint density at radius 1 is 0.806 bits per heavy atom. The molecule has 2 heterocycles. The van der Waals surface area contributed by atoms with E-state index in [1.165, 1.54) is 6.07 Å². The van der Waals surface area contributed by atoms with Crippen LogP contribution in [-0.2, 0) is 0 Å². The lowest BCUT2D eigenvalue weighted by atomic mass is 10.1. The number of nitriles is 1. The molecule has 5 rings (SSSR count). The second-order valence-corrected chi connectivity index (χ2v) is 7.89. The zero-order valence-electron chi connectivity index (χ0n) is 18.9. The number of nitrogens with zero attached hydrogens (tertiary/aromatic N) is 3. The van der Waals surface area contributed by atoms with E-state index in [0.29, 0.717) is 22.5 Å². The monoisotopic (exact) mass is 474 g/mol. The summed E-state index contributed by atoms with van der Waals surface area (Å²) in [6.07, 6.45) is 4.87. The largest absolute Gasteiger partial charge is 0.355 e. The van der Waals surface area contributed by atoms with Gasteiger partial charge in [-0.3, -0.25) is 14.8 Å². The number of hydrogen-bond donors (Lipinski definition) is 3. The van der Waals surface area contributed by atoms with E-state index in [1.807, 2.05) is 6.07 Å². The molecule has 3 aromatic carbocycles. The SMILES string of the molecule is N#Cc1ccc2nccc(Nc3cccc(C(=O)Nc4cccc(Nc5ccncc5)c4F)c3)c2c1. The standard InChI is InChI=1S/C28H19FN6O/c29-27-25(33-20-9-12-31-13-10-20)5-2-6-26(27)35-28(36)19-3-1-4-21(16-19)34-24-11-14-32-23-8-7-18(17-30)15-22(23)24/h1-16H,(H,31,33)(H,32,34)(H,35,36). The molecule has 0 bridgehead atoms. The maximum atomic E-state index is 15.1. The molecule has 0 spiro atoms. The summed E-state index contributed by atoms with van der Waals surface area (Å²) in [5.74, 6) is -1.03. The van der Waals surface area contributed by atoms with E-state index in [4.69, 9.17) is 0 Å². The van der Waals surface area contributed by atoms with Gasteiger partial charge in [-0.15, -0.1) is 0 Å². The van der Waals surface area contributed by atoms with Crippen molar-refractivity contribution in [2.45, 2.75) is 0 Å². The number of fused-ring (bicyclic) bond motifs is 1. The lowest BCUT2D eigenvalue weighted by Gasteiger charge is -2.13. The Hall–Kier alpha value is -5.29. The molecule has 7 nitrogen and oxygen atoms in total. The van der Waals surface area contributed by atoms with Crippen molar-refractivity contribution in [2.75, 3.05) is 16.0 Å². The number of amides is 1. The molecule has 174 valence electrons. The molecule has 0 fully saturated rings. The summed E-state index contributed by atoms with van der Waals surface area (Å²) >= 11 is 0. The molecule has 36 heavy (non-hydrogen) atoms. The Bertz CT molecular complexity index is 1610. The van der Waals surface area contributed by atoms with E-state index in [2.05, 4.69) is 32.0 Å². The first-order valence-corrected chi connectivity index (χ1v) is 11.0. The summed E-state index contributed by atoms with van der Waals surface area (Å²) < 4.78 is 15.1. The van der Waals surface area contributed by atoms with Gasteiger partial charge in [-0.2, -0.15) is 5.26 Å². The number of hydrogen-bond acceptors (Lipinski definition) is 6. The predicted molar refractivity (Wildman–Crippen MR) is 138 cm³/mol. The number of benzene rings is 3. The maximum absolute atomic E-state index is 15.1. The van der Waals surface area contributed by atoms with Crippen molar-refractivity contribution in [3.63, 3.8) is 0 Å². The highest BCUT2D eigenvalue weighted by molar-refractivity contribution is 6.05. The van der Waals surface area contributed by atoms with Gasteiger partial charge in [0.25, 0.3) is 5.91 Å². The molecule has 8 heteroatoms. The molecular weight excluding hydrogens is 455 g/mol. The maximum Gasteiger partial charge on any atom is 0.255 e. The van der Waals surface area contributed by atoms with E-state index in [9.17, 15) is 10.1 Å². The molecule has 3 N–H and O–H groups in total. The number of aromatic nitrogens is 2. The van der Waals surface area contributed by atoms with Gasteiger partial charge in [-0.1, -0.05) is 12.1 Å². The topological polar surface area (TPSA) is 103 Å². The third kappa shape index (κ3) is 4.81. The normalized spacial score (nSPS) is 10.4. The van der Waals surface area contributed by atoms with E-state index >= 15 is 4.39 Å². The number of carbonyl (C=O) groups is 1. The number of pyridine rings is 2. The number of halogens is 1. The molecule has 0 unspecified atom stereocenters. The molecule has 0 saturated carbocycles. The van der Waals surface area contributed by atoms with Crippen molar-refractivity contribution in [1.82, 2.24) is 9.97 Å². The summed E-state index contributed by atoms with van der Waals surface area (Å²) in [4.78, 5) is 21.2. The minimum absolute atomic E-state index is 0.0570. The Balaban J connectivity index is 1.36. The molecule has 2 aromatic heterocycles. The summed E-state index contributed by atoms with van der Waals surface area (Å²) in [6, 6.07) is 24.3. The van der Waals surface area contributed by atoms with Crippen LogP contribution in [0.3, 0.4) is 0 Å². The van der Waals surface area contributed by atoms with Crippen LogP contribution in [0.2, 0.25) is 0 Å². The van der Waals surface area contributed by atoms with Gasteiger partial charge in [0, 0.05) is 46.6 Å². The Kier molecular flexibility index (Phi) is 6.19. The fraction of sp³-hybridized carbons (Fsp3) is 0. The number of carbonyl (C=O) groups excluding carboxylic acids is 1. The predicted octanol–water partition coefficient (Wildman–Crippen LogP) is 6.38. The lowest BCUT2D eigenvalue weighted by molar-refractivity contribution is 0.102. The molecule has 0 aliphatic rings. The third-order valence-corrected chi connectivity index (χ3v) is 5.48. The number of rotatable bonds is 6. The van der Waals surface area contributed by atoms with Gasteiger partial charge >= 0.3 is 0 Å². The Morgan fingerprint density at radius 3 is 2.42 bits per heavy atom. The molecule has 1 amide bonds. The smallest absolute Gasteiger partial charge is 0.255 e. The van der Waals surface area contributed by atoms with Gasteiger partial charge in [-0.05, 0) is 66.7 Å². The van der Waals surface area contributed by atoms with Crippen molar-refractivity contribution in [2.24, 2.45) is 0 Å². The summed E-state index contributed by atoms with van der Waals surface area (Å²) in [5, 5.41) is 18.9. The van der Waals surface area contributed by atoms with Crippen LogP contribution < -0.4 is 16.0 Å². The fourth-order valence-corrected chi connectivity index (χ4v) is 3.73. The van der Waals surface area contributed by atoms with Crippen molar-refractivity contribution < 1.29 is 9.18 Å². The van der Waals surface area contributed by atoms with Crippen molar-refractivity contribution in [3.8, 4) is 6.07 Å². The lowest BCUT2D eigenvalue weighted by Crippen LogP contribution is -2.13. The summed E-state index contributed by atoms with van der Waals surface area (Å²) in [7, 11) is 0. The second-order valence-electron chi connectivity index (χ2n) is 7.89. The molecular formula is C28H19FN6O. The summed E-state index contributed by atoms with van der Waals surface area (Å²) in [6.45, 7) is 0. The van der Waals surface area contributed by atoms with Crippen LogP contribution in [0.1, 0.15) is 15.9 Å². The highest BCUT2D eigenvalue weighted by Gasteiger charge is 2.13. The molecule has 0 aliphatic carbocycles. The fourth-order valence-electron chi connectivity index (χ4n) is 3.73. The number of anilines is 5. The highest BCUT2D eigenvalue weighted by Crippen LogP contribution is 2.28. The average molecular weight is 474 g/mol. The first kappa shape index (κ1) is 22.5. The van der Waals surface area contributed by atoms with Crippen LogP contribution in [0.25, 0.3) is 10.9 Å².